The third-order valence-electron chi connectivity index (χ3n) is 3.99. The average Bonchev–Trinajstić information content (AvgIpc) is 2.67. The molecule has 0 fully saturated rings. The molecule has 0 aliphatic heterocycles. The fourth-order valence-corrected chi connectivity index (χ4v) is 2.58. The molecule has 0 saturated carbocycles. The third-order valence-corrected chi connectivity index (χ3v) is 3.99. The van der Waals surface area contributed by atoms with Crippen LogP contribution in [0.25, 0.3) is 0 Å². The van der Waals surface area contributed by atoms with Gasteiger partial charge in [-0.25, -0.2) is 0 Å². The molecule has 0 bridgehead atoms. The van der Waals surface area contributed by atoms with Crippen LogP contribution in [0.3, 0.4) is 0 Å². The summed E-state index contributed by atoms with van der Waals surface area (Å²) in [5, 5.41) is 9.31. The summed E-state index contributed by atoms with van der Waals surface area (Å²) in [5.74, 6) is 1.74. The van der Waals surface area contributed by atoms with Crippen molar-refractivity contribution in [3.63, 3.8) is 0 Å². The van der Waals surface area contributed by atoms with Crippen LogP contribution < -0.4 is 20.7 Å². The van der Waals surface area contributed by atoms with Crippen LogP contribution >= 0.6 is 0 Å². The number of amides is 1. The molecular formula is C21H28N4O2. The molecule has 0 heterocycles. The van der Waals surface area contributed by atoms with Gasteiger partial charge < -0.3 is 20.7 Å². The number of ether oxygens (including phenoxy) is 1. The fourth-order valence-electron chi connectivity index (χ4n) is 2.58. The third kappa shape index (κ3) is 7.40. The normalized spacial score (nSPS) is 12.2. The zero-order chi connectivity index (χ0) is 19.5. The average molecular weight is 368 g/mol. The molecule has 0 radical (unpaired) electrons. The second-order valence-electron chi connectivity index (χ2n) is 6.25. The lowest BCUT2D eigenvalue weighted by Crippen LogP contribution is -2.40. The maximum atomic E-state index is 11.1. The van der Waals surface area contributed by atoms with Crippen LogP contribution in [0.5, 0.6) is 5.75 Å². The van der Waals surface area contributed by atoms with Crippen molar-refractivity contribution in [3.8, 4) is 5.75 Å². The molecule has 0 aliphatic rings. The van der Waals surface area contributed by atoms with E-state index in [1.165, 1.54) is 12.5 Å². The highest BCUT2D eigenvalue weighted by Crippen LogP contribution is 2.17. The molecule has 2 aromatic carbocycles. The smallest absolute Gasteiger partial charge is 0.221 e. The van der Waals surface area contributed by atoms with Gasteiger partial charge in [0, 0.05) is 32.3 Å². The van der Waals surface area contributed by atoms with Gasteiger partial charge in [-0.3, -0.25) is 9.79 Å². The molecule has 0 aliphatic carbocycles. The number of nitrogens with zero attached hydrogens (tertiary/aromatic N) is 1. The molecule has 6 nitrogen and oxygen atoms in total. The van der Waals surface area contributed by atoms with E-state index in [1.54, 1.807) is 13.1 Å². The number of carbonyl (C=O) groups is 1. The summed E-state index contributed by atoms with van der Waals surface area (Å²) < 4.78 is 5.72. The summed E-state index contributed by atoms with van der Waals surface area (Å²) in [4.78, 5) is 15.3. The molecule has 144 valence electrons. The lowest BCUT2D eigenvalue weighted by molar-refractivity contribution is -0.114. The molecule has 3 N–H and O–H groups in total. The number of guanidine groups is 1. The van der Waals surface area contributed by atoms with E-state index in [4.69, 9.17) is 4.74 Å². The topological polar surface area (TPSA) is 74.8 Å². The monoisotopic (exact) mass is 368 g/mol. The number of carbonyl (C=O) groups excluding carboxylic acids is 1. The molecule has 2 aromatic rings. The quantitative estimate of drug-likeness (QED) is 0.380. The Labute approximate surface area is 161 Å². The van der Waals surface area contributed by atoms with E-state index in [0.717, 1.165) is 18.2 Å². The molecule has 0 spiro atoms. The van der Waals surface area contributed by atoms with E-state index in [9.17, 15) is 4.79 Å². The van der Waals surface area contributed by atoms with E-state index in [1.807, 2.05) is 24.3 Å². The maximum Gasteiger partial charge on any atom is 0.221 e. The number of rotatable bonds is 8. The van der Waals surface area contributed by atoms with Gasteiger partial charge in [-0.05, 0) is 23.6 Å². The zero-order valence-electron chi connectivity index (χ0n) is 16.2. The van der Waals surface area contributed by atoms with Gasteiger partial charge in [0.25, 0.3) is 0 Å². The lowest BCUT2D eigenvalue weighted by atomic mass is 10.0. The van der Waals surface area contributed by atoms with Crippen molar-refractivity contribution in [2.24, 2.45) is 4.99 Å². The van der Waals surface area contributed by atoms with Gasteiger partial charge in [0.1, 0.15) is 12.4 Å². The lowest BCUT2D eigenvalue weighted by Gasteiger charge is -2.16. The fraction of sp³-hybridized carbons (Fsp3) is 0.333. The highest BCUT2D eigenvalue weighted by atomic mass is 16.5. The van der Waals surface area contributed by atoms with Gasteiger partial charge >= 0.3 is 0 Å². The van der Waals surface area contributed by atoms with Gasteiger partial charge in [-0.1, -0.05) is 43.3 Å². The summed E-state index contributed by atoms with van der Waals surface area (Å²) >= 11 is 0. The standard InChI is InChI=1S/C21H28N4O2/c1-16(18-8-5-4-6-9-18)15-24-21(22-3)23-12-13-27-20-11-7-10-19(14-20)25-17(2)26/h4-11,14,16H,12-13,15H2,1-3H3,(H,25,26)(H2,22,23,24). The Kier molecular flexibility index (Phi) is 8.16. The van der Waals surface area contributed by atoms with Crippen molar-refractivity contribution in [3.05, 3.63) is 60.2 Å². The van der Waals surface area contributed by atoms with Crippen molar-refractivity contribution in [1.29, 1.82) is 0 Å². The molecule has 27 heavy (non-hydrogen) atoms. The minimum absolute atomic E-state index is 0.103. The van der Waals surface area contributed by atoms with Gasteiger partial charge in [0.05, 0.1) is 6.54 Å². The summed E-state index contributed by atoms with van der Waals surface area (Å²) in [6, 6.07) is 17.7. The Morgan fingerprint density at radius 1 is 1.11 bits per heavy atom. The number of hydrogen-bond acceptors (Lipinski definition) is 3. The van der Waals surface area contributed by atoms with E-state index >= 15 is 0 Å². The van der Waals surface area contributed by atoms with Gasteiger partial charge in [0.2, 0.25) is 5.91 Å². The summed E-state index contributed by atoms with van der Waals surface area (Å²) in [6.07, 6.45) is 0. The zero-order valence-corrected chi connectivity index (χ0v) is 16.2. The second-order valence-corrected chi connectivity index (χ2v) is 6.25. The van der Waals surface area contributed by atoms with Gasteiger partial charge in [-0.15, -0.1) is 0 Å². The molecule has 2 rings (SSSR count). The number of anilines is 1. The Balaban J connectivity index is 1.71. The highest BCUT2D eigenvalue weighted by Gasteiger charge is 2.06. The first kappa shape index (κ1) is 20.3. The van der Waals surface area contributed by atoms with Crippen LogP contribution in [0, 0.1) is 0 Å². The van der Waals surface area contributed by atoms with Crippen LogP contribution in [0.1, 0.15) is 25.3 Å². The van der Waals surface area contributed by atoms with E-state index in [-0.39, 0.29) is 5.91 Å². The van der Waals surface area contributed by atoms with Crippen molar-refractivity contribution in [2.45, 2.75) is 19.8 Å². The van der Waals surface area contributed by atoms with Crippen LogP contribution in [-0.2, 0) is 4.79 Å². The first-order chi connectivity index (χ1) is 13.1. The molecule has 0 saturated heterocycles. The second kappa shape index (κ2) is 10.9. The number of aliphatic imine (C=N–C) groups is 1. The first-order valence-corrected chi connectivity index (χ1v) is 9.08. The van der Waals surface area contributed by atoms with Gasteiger partial charge in [0.15, 0.2) is 5.96 Å². The van der Waals surface area contributed by atoms with Crippen molar-refractivity contribution < 1.29 is 9.53 Å². The minimum atomic E-state index is -0.103. The van der Waals surface area contributed by atoms with Crippen molar-refractivity contribution >= 4 is 17.6 Å². The molecular weight excluding hydrogens is 340 g/mol. The van der Waals surface area contributed by atoms with Crippen molar-refractivity contribution in [1.82, 2.24) is 10.6 Å². The van der Waals surface area contributed by atoms with E-state index in [0.29, 0.717) is 24.8 Å². The van der Waals surface area contributed by atoms with E-state index < -0.39 is 0 Å². The number of nitrogens with one attached hydrogen (secondary N) is 3. The molecule has 1 unspecified atom stereocenters. The van der Waals surface area contributed by atoms with Crippen LogP contribution in [-0.4, -0.2) is 38.6 Å². The van der Waals surface area contributed by atoms with Crippen LogP contribution in [0.15, 0.2) is 59.6 Å². The molecule has 1 amide bonds. The summed E-state index contributed by atoms with van der Waals surface area (Å²) in [7, 11) is 1.75. The Morgan fingerprint density at radius 2 is 1.89 bits per heavy atom. The minimum Gasteiger partial charge on any atom is -0.492 e. The number of benzene rings is 2. The summed E-state index contributed by atoms with van der Waals surface area (Å²) in [6.45, 7) is 5.56. The first-order valence-electron chi connectivity index (χ1n) is 9.08. The molecule has 1 atom stereocenters. The predicted molar refractivity (Wildman–Crippen MR) is 110 cm³/mol. The van der Waals surface area contributed by atoms with E-state index in [2.05, 4.69) is 52.1 Å². The molecule has 6 heteroatoms. The largest absolute Gasteiger partial charge is 0.492 e. The Morgan fingerprint density at radius 3 is 2.59 bits per heavy atom. The van der Waals surface area contributed by atoms with Crippen LogP contribution in [0.4, 0.5) is 5.69 Å². The molecule has 0 aromatic heterocycles. The van der Waals surface area contributed by atoms with Crippen molar-refractivity contribution in [2.75, 3.05) is 32.1 Å². The van der Waals surface area contributed by atoms with Gasteiger partial charge in [-0.2, -0.15) is 0 Å². The maximum absolute atomic E-state index is 11.1. The highest BCUT2D eigenvalue weighted by molar-refractivity contribution is 5.88. The number of hydrogen-bond donors (Lipinski definition) is 3. The SMILES string of the molecule is CN=C(NCCOc1cccc(NC(C)=O)c1)NCC(C)c1ccccc1. The van der Waals surface area contributed by atoms with Crippen LogP contribution in [0.2, 0.25) is 0 Å². The Bertz CT molecular complexity index is 747. The predicted octanol–water partition coefficient (Wildman–Crippen LogP) is 2.99. The summed E-state index contributed by atoms with van der Waals surface area (Å²) in [5.41, 5.74) is 2.02. The Hall–Kier alpha value is -3.02.